The number of pyridine rings is 1. The van der Waals surface area contributed by atoms with Crippen LogP contribution in [0.5, 0.6) is 0 Å². The van der Waals surface area contributed by atoms with E-state index < -0.39 is 0 Å². The summed E-state index contributed by atoms with van der Waals surface area (Å²) in [5.41, 5.74) is 9.08. The summed E-state index contributed by atoms with van der Waals surface area (Å²) in [6.45, 7) is 10.9. The first kappa shape index (κ1) is 16.2. The predicted molar refractivity (Wildman–Crippen MR) is 94.0 cm³/mol. The Morgan fingerprint density at radius 2 is 2.05 bits per heavy atom. The second-order valence-corrected chi connectivity index (χ2v) is 7.01. The predicted octanol–water partition coefficient (Wildman–Crippen LogP) is 3.60. The van der Waals surface area contributed by atoms with Gasteiger partial charge in [0.15, 0.2) is 0 Å². The van der Waals surface area contributed by atoms with E-state index in [0.29, 0.717) is 4.99 Å². The molecule has 0 radical (unpaired) electrons. The van der Waals surface area contributed by atoms with Gasteiger partial charge in [-0.3, -0.25) is 0 Å². The van der Waals surface area contributed by atoms with E-state index in [1.807, 2.05) is 6.92 Å². The van der Waals surface area contributed by atoms with E-state index in [-0.39, 0.29) is 0 Å². The second-order valence-electron chi connectivity index (χ2n) is 6.57. The Morgan fingerprint density at radius 3 is 2.67 bits per heavy atom. The molecule has 1 aliphatic heterocycles. The number of rotatable bonds is 3. The minimum absolute atomic E-state index is 0.458. The molecule has 0 aromatic carbocycles. The van der Waals surface area contributed by atoms with Crippen LogP contribution in [-0.2, 0) is 0 Å². The molecule has 21 heavy (non-hydrogen) atoms. The standard InChI is InChI=1S/C17H27N3S/c1-11(2)14-6-5-8-20(9-7-14)17-15(16(18)21)12(3)10-13(4)19-17/h10-11,14H,5-9H2,1-4H3,(H2,18,21). The maximum absolute atomic E-state index is 5.95. The number of thiocarbonyl (C=S) groups is 1. The first-order chi connectivity index (χ1) is 9.90. The highest BCUT2D eigenvalue weighted by atomic mass is 32.1. The van der Waals surface area contributed by atoms with Crippen LogP contribution in [0, 0.1) is 25.7 Å². The largest absolute Gasteiger partial charge is 0.389 e. The van der Waals surface area contributed by atoms with E-state index in [9.17, 15) is 0 Å². The number of aryl methyl sites for hydroxylation is 2. The number of aromatic nitrogens is 1. The van der Waals surface area contributed by atoms with Crippen molar-refractivity contribution < 1.29 is 0 Å². The third kappa shape index (κ3) is 3.73. The average Bonchev–Trinajstić information content (AvgIpc) is 2.62. The summed E-state index contributed by atoms with van der Waals surface area (Å²) in [6.07, 6.45) is 3.75. The van der Waals surface area contributed by atoms with Crippen molar-refractivity contribution in [3.8, 4) is 0 Å². The SMILES string of the molecule is Cc1cc(C)c(C(N)=S)c(N2CCCC(C(C)C)CC2)n1. The van der Waals surface area contributed by atoms with Gasteiger partial charge in [-0.1, -0.05) is 26.1 Å². The number of anilines is 1. The lowest BCUT2D eigenvalue weighted by Gasteiger charge is -2.26. The Hall–Kier alpha value is -1.16. The highest BCUT2D eigenvalue weighted by Crippen LogP contribution is 2.29. The zero-order valence-electron chi connectivity index (χ0n) is 13.6. The van der Waals surface area contributed by atoms with Gasteiger partial charge in [-0.25, -0.2) is 4.98 Å². The van der Waals surface area contributed by atoms with E-state index in [1.165, 1.54) is 19.3 Å². The van der Waals surface area contributed by atoms with E-state index in [4.69, 9.17) is 22.9 Å². The summed E-state index contributed by atoms with van der Waals surface area (Å²) < 4.78 is 0. The van der Waals surface area contributed by atoms with Gasteiger partial charge in [0.25, 0.3) is 0 Å². The van der Waals surface area contributed by atoms with E-state index in [1.54, 1.807) is 0 Å². The molecule has 1 aromatic rings. The van der Waals surface area contributed by atoms with Gasteiger partial charge in [-0.2, -0.15) is 0 Å². The highest BCUT2D eigenvalue weighted by molar-refractivity contribution is 7.80. The molecule has 2 N–H and O–H groups in total. The first-order valence-corrected chi connectivity index (χ1v) is 8.34. The summed E-state index contributed by atoms with van der Waals surface area (Å²) in [6, 6.07) is 2.06. The fraction of sp³-hybridized carbons (Fsp3) is 0.647. The summed E-state index contributed by atoms with van der Waals surface area (Å²) >= 11 is 5.26. The average molecular weight is 305 g/mol. The summed E-state index contributed by atoms with van der Waals surface area (Å²) in [5, 5.41) is 0. The number of hydrogen-bond donors (Lipinski definition) is 1. The molecular weight excluding hydrogens is 278 g/mol. The van der Waals surface area contributed by atoms with Crippen molar-refractivity contribution >= 4 is 23.0 Å². The zero-order chi connectivity index (χ0) is 15.6. The molecule has 0 amide bonds. The van der Waals surface area contributed by atoms with Gasteiger partial charge >= 0.3 is 0 Å². The fourth-order valence-corrected chi connectivity index (χ4v) is 3.60. The number of nitrogens with two attached hydrogens (primary N) is 1. The molecule has 1 aliphatic rings. The molecule has 0 aliphatic carbocycles. The third-order valence-electron chi connectivity index (χ3n) is 4.59. The van der Waals surface area contributed by atoms with Crippen LogP contribution in [0.2, 0.25) is 0 Å². The third-order valence-corrected chi connectivity index (χ3v) is 4.79. The minimum Gasteiger partial charge on any atom is -0.389 e. The Labute approximate surface area is 133 Å². The van der Waals surface area contributed by atoms with E-state index in [0.717, 1.165) is 47.6 Å². The zero-order valence-corrected chi connectivity index (χ0v) is 14.5. The Bertz CT molecular complexity index is 525. The van der Waals surface area contributed by atoms with Crippen LogP contribution in [0.25, 0.3) is 0 Å². The van der Waals surface area contributed by atoms with Crippen LogP contribution >= 0.6 is 12.2 Å². The van der Waals surface area contributed by atoms with Gasteiger partial charge in [-0.15, -0.1) is 0 Å². The van der Waals surface area contributed by atoms with E-state index in [2.05, 4.69) is 31.7 Å². The lowest BCUT2D eigenvalue weighted by atomic mass is 9.89. The quantitative estimate of drug-likeness (QED) is 0.867. The number of nitrogens with zero attached hydrogens (tertiary/aromatic N) is 2. The Kier molecular flexibility index (Phi) is 5.20. The molecule has 0 saturated carbocycles. The van der Waals surface area contributed by atoms with E-state index >= 15 is 0 Å². The Morgan fingerprint density at radius 1 is 1.33 bits per heavy atom. The lowest BCUT2D eigenvalue weighted by Crippen LogP contribution is -2.29. The van der Waals surface area contributed by atoms with Crippen LogP contribution in [0.4, 0.5) is 5.82 Å². The van der Waals surface area contributed by atoms with Crippen molar-refractivity contribution in [3.63, 3.8) is 0 Å². The molecule has 1 atom stereocenters. The van der Waals surface area contributed by atoms with Crippen molar-refractivity contribution in [2.45, 2.75) is 47.0 Å². The van der Waals surface area contributed by atoms with Crippen molar-refractivity contribution in [2.75, 3.05) is 18.0 Å². The van der Waals surface area contributed by atoms with Crippen LogP contribution in [0.3, 0.4) is 0 Å². The van der Waals surface area contributed by atoms with Crippen molar-refractivity contribution in [1.82, 2.24) is 4.98 Å². The molecule has 3 nitrogen and oxygen atoms in total. The second kappa shape index (κ2) is 6.73. The fourth-order valence-electron chi connectivity index (χ4n) is 3.35. The van der Waals surface area contributed by atoms with Gasteiger partial charge in [0.1, 0.15) is 10.8 Å². The lowest BCUT2D eigenvalue weighted by molar-refractivity contribution is 0.351. The minimum atomic E-state index is 0.458. The molecule has 116 valence electrons. The summed E-state index contributed by atoms with van der Waals surface area (Å²) in [4.78, 5) is 7.59. The van der Waals surface area contributed by atoms with Crippen molar-refractivity contribution in [1.29, 1.82) is 0 Å². The number of hydrogen-bond acceptors (Lipinski definition) is 3. The highest BCUT2D eigenvalue weighted by Gasteiger charge is 2.23. The summed E-state index contributed by atoms with van der Waals surface area (Å²) in [5.74, 6) is 2.56. The van der Waals surface area contributed by atoms with Crippen LogP contribution < -0.4 is 10.6 Å². The van der Waals surface area contributed by atoms with Gasteiger partial charge in [0, 0.05) is 18.8 Å². The molecule has 1 unspecified atom stereocenters. The molecule has 1 fully saturated rings. The molecule has 4 heteroatoms. The molecule has 1 saturated heterocycles. The van der Waals surface area contributed by atoms with Gasteiger partial charge in [-0.05, 0) is 56.6 Å². The molecule has 1 aromatic heterocycles. The van der Waals surface area contributed by atoms with Crippen molar-refractivity contribution in [3.05, 3.63) is 22.9 Å². The first-order valence-electron chi connectivity index (χ1n) is 7.93. The Balaban J connectivity index is 2.31. The van der Waals surface area contributed by atoms with Gasteiger partial charge < -0.3 is 10.6 Å². The van der Waals surface area contributed by atoms with Crippen LogP contribution in [-0.4, -0.2) is 23.1 Å². The maximum atomic E-state index is 5.95. The monoisotopic (exact) mass is 305 g/mol. The van der Waals surface area contributed by atoms with Gasteiger partial charge in [0.05, 0.1) is 5.56 Å². The maximum Gasteiger partial charge on any atom is 0.139 e. The van der Waals surface area contributed by atoms with Crippen molar-refractivity contribution in [2.24, 2.45) is 17.6 Å². The van der Waals surface area contributed by atoms with Crippen LogP contribution in [0.15, 0.2) is 6.07 Å². The normalized spacial score (nSPS) is 19.7. The molecule has 0 bridgehead atoms. The van der Waals surface area contributed by atoms with Gasteiger partial charge in [0.2, 0.25) is 0 Å². The molecule has 2 rings (SSSR count). The molecular formula is C17H27N3S. The smallest absolute Gasteiger partial charge is 0.139 e. The molecule has 0 spiro atoms. The topological polar surface area (TPSA) is 42.1 Å². The summed E-state index contributed by atoms with van der Waals surface area (Å²) in [7, 11) is 0. The van der Waals surface area contributed by atoms with Crippen LogP contribution in [0.1, 0.15) is 49.9 Å². The molecule has 2 heterocycles.